The molecule has 1 aliphatic heterocycles. The molecule has 1 unspecified atom stereocenters. The summed E-state index contributed by atoms with van der Waals surface area (Å²) in [7, 11) is 0. The summed E-state index contributed by atoms with van der Waals surface area (Å²) < 4.78 is 11.2. The van der Waals surface area contributed by atoms with E-state index < -0.39 is 5.25 Å². The van der Waals surface area contributed by atoms with Crippen molar-refractivity contribution in [2.75, 3.05) is 13.2 Å². The van der Waals surface area contributed by atoms with E-state index in [4.69, 9.17) is 21.1 Å². The van der Waals surface area contributed by atoms with E-state index in [-0.39, 0.29) is 29.6 Å². The van der Waals surface area contributed by atoms with Crippen LogP contribution in [0.15, 0.2) is 48.5 Å². The van der Waals surface area contributed by atoms with Gasteiger partial charge >= 0.3 is 5.97 Å². The zero-order valence-electron chi connectivity index (χ0n) is 15.8. The van der Waals surface area contributed by atoms with Gasteiger partial charge in [0.05, 0.1) is 18.1 Å². The third kappa shape index (κ3) is 6.24. The third-order valence-electron chi connectivity index (χ3n) is 4.38. The van der Waals surface area contributed by atoms with Crippen LogP contribution in [-0.4, -0.2) is 40.4 Å². The highest BCUT2D eigenvalue weighted by atomic mass is 35.5. The van der Waals surface area contributed by atoms with Crippen molar-refractivity contribution in [2.24, 2.45) is 0 Å². The van der Waals surface area contributed by atoms with Crippen molar-refractivity contribution >= 4 is 40.5 Å². The number of rotatable bonds is 8. The van der Waals surface area contributed by atoms with Crippen LogP contribution in [0, 0.1) is 0 Å². The second kappa shape index (κ2) is 9.80. The van der Waals surface area contributed by atoms with E-state index in [9.17, 15) is 14.4 Å². The van der Waals surface area contributed by atoms with Crippen LogP contribution in [-0.2, 0) is 16.0 Å². The van der Waals surface area contributed by atoms with Gasteiger partial charge in [0.1, 0.15) is 12.4 Å². The number of hydrogen-bond donors (Lipinski definition) is 1. The number of esters is 1. The minimum atomic E-state index is -0.392. The molecule has 2 aromatic carbocycles. The highest BCUT2D eigenvalue weighted by Crippen LogP contribution is 2.25. The largest absolute Gasteiger partial charge is 0.493 e. The van der Waals surface area contributed by atoms with Gasteiger partial charge in [-0.1, -0.05) is 47.6 Å². The molecule has 2 amide bonds. The summed E-state index contributed by atoms with van der Waals surface area (Å²) in [5, 5.41) is 2.22. The van der Waals surface area contributed by atoms with E-state index in [0.29, 0.717) is 23.8 Å². The van der Waals surface area contributed by atoms with Gasteiger partial charge in [0.2, 0.25) is 5.91 Å². The topological polar surface area (TPSA) is 86.0 Å². The van der Waals surface area contributed by atoms with E-state index in [0.717, 1.165) is 22.9 Å². The van der Waals surface area contributed by atoms with Gasteiger partial charge < -0.3 is 14.3 Å². The van der Waals surface area contributed by atoms with Crippen LogP contribution in [0.2, 0.25) is 5.02 Å². The molecule has 0 spiro atoms. The maximum atomic E-state index is 11.7. The number of carbonyl (C=O) groups excluding carboxylic acids is 3. The predicted molar refractivity (Wildman–Crippen MR) is 113 cm³/mol. The summed E-state index contributed by atoms with van der Waals surface area (Å²) in [6.07, 6.45) is 0.479. The Morgan fingerprint density at radius 2 is 1.97 bits per heavy atom. The van der Waals surface area contributed by atoms with Crippen LogP contribution >= 0.6 is 23.4 Å². The molecule has 0 bridgehead atoms. The molecule has 3 rings (SSSR count). The Morgan fingerprint density at radius 1 is 1.21 bits per heavy atom. The molecule has 2 aromatic rings. The molecule has 1 fully saturated rings. The van der Waals surface area contributed by atoms with Crippen molar-refractivity contribution in [2.45, 2.75) is 24.5 Å². The molecular weight excluding hydrogens is 414 g/mol. The number of amides is 2. The number of carbonyl (C=O) groups is 2. The van der Waals surface area contributed by atoms with E-state index in [1.807, 2.05) is 42.5 Å². The number of halogens is 1. The van der Waals surface area contributed by atoms with Crippen LogP contribution in [0.3, 0.4) is 0 Å². The molecule has 0 aromatic heterocycles. The van der Waals surface area contributed by atoms with E-state index in [1.54, 1.807) is 6.07 Å². The van der Waals surface area contributed by atoms with Crippen LogP contribution in [0.5, 0.6) is 5.75 Å². The van der Waals surface area contributed by atoms with Gasteiger partial charge in [0, 0.05) is 5.02 Å². The Labute approximate surface area is 177 Å². The van der Waals surface area contributed by atoms with E-state index in [1.165, 1.54) is 6.92 Å². The monoisotopic (exact) mass is 434 g/mol. The second-order valence-corrected chi connectivity index (χ2v) is 8.24. The van der Waals surface area contributed by atoms with Crippen LogP contribution in [0.1, 0.15) is 24.0 Å². The summed E-state index contributed by atoms with van der Waals surface area (Å²) in [5.74, 6) is 0.194. The average molecular weight is 435 g/mol. The summed E-state index contributed by atoms with van der Waals surface area (Å²) in [5.41, 5.74) is 1.89. The van der Waals surface area contributed by atoms with Crippen LogP contribution < -0.4 is 10.1 Å². The van der Waals surface area contributed by atoms with Crippen molar-refractivity contribution in [3.05, 3.63) is 64.7 Å². The Balaban J connectivity index is 1.60. The molecule has 152 valence electrons. The van der Waals surface area contributed by atoms with Gasteiger partial charge in [-0.3, -0.25) is 14.9 Å². The number of nitrogens with one attached hydrogen (secondary N) is 1. The molecule has 29 heavy (non-hydrogen) atoms. The minimum Gasteiger partial charge on any atom is -0.493 e. The molecule has 0 saturated carbocycles. The molecule has 1 saturated heterocycles. The molecule has 8 heteroatoms. The minimum absolute atomic E-state index is 0.103. The third-order valence-corrected chi connectivity index (χ3v) is 5.59. The fourth-order valence-corrected chi connectivity index (χ4v) is 3.94. The molecule has 6 nitrogen and oxygen atoms in total. The van der Waals surface area contributed by atoms with Crippen molar-refractivity contribution in [3.63, 3.8) is 0 Å². The lowest BCUT2D eigenvalue weighted by Crippen LogP contribution is -2.25. The smallest absolute Gasteiger partial charge is 0.479 e. The zero-order chi connectivity index (χ0) is 20.8. The number of imide groups is 1. The molecule has 0 aliphatic carbocycles. The fraction of sp³-hybridized carbons (Fsp3) is 0.286. The molecule has 2 N–H and O–H groups in total. The first-order chi connectivity index (χ1) is 13.9. The first kappa shape index (κ1) is 21.2. The van der Waals surface area contributed by atoms with Gasteiger partial charge in [-0.15, -0.1) is 0 Å². The molecule has 0 radical (unpaired) electrons. The lowest BCUT2D eigenvalue weighted by molar-refractivity contribution is -0.118. The van der Waals surface area contributed by atoms with Crippen molar-refractivity contribution in [1.29, 1.82) is 0 Å². The lowest BCUT2D eigenvalue weighted by atomic mass is 10.0. The maximum absolute atomic E-state index is 11.7. The highest BCUT2D eigenvalue weighted by molar-refractivity contribution is 8.15. The predicted octanol–water partition coefficient (Wildman–Crippen LogP) is 3.94. The first-order valence-corrected chi connectivity index (χ1v) is 10.3. The second-order valence-electron chi connectivity index (χ2n) is 6.62. The van der Waals surface area contributed by atoms with Gasteiger partial charge in [-0.05, 0) is 41.8 Å². The van der Waals surface area contributed by atoms with Crippen molar-refractivity contribution in [1.82, 2.24) is 5.32 Å². The van der Waals surface area contributed by atoms with Crippen molar-refractivity contribution in [3.8, 4) is 5.75 Å². The number of benzene rings is 2. The maximum Gasteiger partial charge on any atom is 0.479 e. The molecular formula is C21H21ClNO5S+. The quantitative estimate of drug-likeness (QED) is 0.502. The van der Waals surface area contributed by atoms with Gasteiger partial charge in [-0.2, -0.15) is 0 Å². The van der Waals surface area contributed by atoms with E-state index in [2.05, 4.69) is 5.32 Å². The standard InChI is InChI=1S/C21H20ClNO5S/c1-13(24)27-11-16(15-3-2-4-17(22)10-15)12-28-18-7-5-14(6-8-18)9-19-20(25)23-21(26)29-19/h2-8,10,16,19H,9,11-12H2,1H3,(H,23,25,26)/p+1/t16-,19?/m1/s1. The summed E-state index contributed by atoms with van der Waals surface area (Å²) >= 11 is 7.10. The van der Waals surface area contributed by atoms with Gasteiger partial charge in [0.15, 0.2) is 6.61 Å². The SMILES string of the molecule is CC(=[OH+])OC[C@H](COc1ccc(CC2SC(=O)NC2=O)cc1)c1cccc(Cl)c1. The lowest BCUT2D eigenvalue weighted by Gasteiger charge is -2.16. The zero-order valence-corrected chi connectivity index (χ0v) is 17.3. The number of hydrogen-bond acceptors (Lipinski definition) is 5. The van der Waals surface area contributed by atoms with Gasteiger partial charge in [-0.25, -0.2) is 0 Å². The Kier molecular flexibility index (Phi) is 7.17. The average Bonchev–Trinajstić information content (AvgIpc) is 2.99. The van der Waals surface area contributed by atoms with E-state index >= 15 is 0 Å². The highest BCUT2D eigenvalue weighted by Gasteiger charge is 2.31. The van der Waals surface area contributed by atoms with Crippen molar-refractivity contribution < 1.29 is 23.9 Å². The Hall–Kier alpha value is -2.51. The van der Waals surface area contributed by atoms with Crippen LogP contribution in [0.25, 0.3) is 0 Å². The molecule has 1 heterocycles. The molecule has 1 aliphatic rings. The number of ether oxygens (including phenoxy) is 2. The Bertz CT molecular complexity index is 902. The summed E-state index contributed by atoms with van der Waals surface area (Å²) in [4.78, 5) is 32.3. The Morgan fingerprint density at radius 3 is 2.59 bits per heavy atom. The first-order valence-electron chi connectivity index (χ1n) is 9.04. The number of thioether (sulfide) groups is 1. The summed E-state index contributed by atoms with van der Waals surface area (Å²) in [6.45, 7) is 2.07. The summed E-state index contributed by atoms with van der Waals surface area (Å²) in [6, 6.07) is 14.8. The fourth-order valence-electron chi connectivity index (χ4n) is 2.88. The van der Waals surface area contributed by atoms with Gasteiger partial charge in [0.25, 0.3) is 5.24 Å². The normalized spacial score (nSPS) is 17.0. The molecule has 2 atom stereocenters. The van der Waals surface area contributed by atoms with Crippen LogP contribution in [0.4, 0.5) is 4.79 Å².